The van der Waals surface area contributed by atoms with Crippen molar-refractivity contribution in [2.45, 2.75) is 19.8 Å². The fourth-order valence-electron chi connectivity index (χ4n) is 1.37. The van der Waals surface area contributed by atoms with Crippen LogP contribution in [0.2, 0.25) is 0 Å². The fraction of sp³-hybridized carbons (Fsp3) is 0.636. The zero-order chi connectivity index (χ0) is 15.0. The molecule has 7 nitrogen and oxygen atoms in total. The van der Waals surface area contributed by atoms with Crippen molar-refractivity contribution in [1.29, 1.82) is 0 Å². The number of sulfonamides is 1. The molecule has 0 aliphatic heterocycles. The van der Waals surface area contributed by atoms with E-state index in [0.717, 1.165) is 18.9 Å². The maximum atomic E-state index is 13.5. The smallest absolute Gasteiger partial charge is 0.224 e. The minimum absolute atomic E-state index is 0.109. The highest BCUT2D eigenvalue weighted by atomic mass is 32.2. The summed E-state index contributed by atoms with van der Waals surface area (Å²) in [5, 5.41) is 5.78. The Kier molecular flexibility index (Phi) is 6.59. The number of hydrogen-bond acceptors (Lipinski definition) is 6. The van der Waals surface area contributed by atoms with E-state index < -0.39 is 15.8 Å². The molecule has 0 radical (unpaired) electrons. The highest BCUT2D eigenvalue weighted by Crippen LogP contribution is 2.11. The van der Waals surface area contributed by atoms with Gasteiger partial charge in [-0.2, -0.15) is 4.98 Å². The summed E-state index contributed by atoms with van der Waals surface area (Å²) in [6.07, 6.45) is 3.63. The van der Waals surface area contributed by atoms with Crippen molar-refractivity contribution < 1.29 is 12.8 Å². The molecule has 0 aliphatic rings. The maximum Gasteiger partial charge on any atom is 0.224 e. The molecule has 1 aromatic heterocycles. The summed E-state index contributed by atoms with van der Waals surface area (Å²) in [5.74, 6) is -0.0638. The Balaban J connectivity index is 2.42. The lowest BCUT2D eigenvalue weighted by atomic mass is 10.4. The molecule has 114 valence electrons. The summed E-state index contributed by atoms with van der Waals surface area (Å²) in [7, 11) is -3.18. The molecule has 0 saturated carbocycles. The molecule has 0 fully saturated rings. The Morgan fingerprint density at radius 1 is 1.25 bits per heavy atom. The summed E-state index contributed by atoms with van der Waals surface area (Å²) in [4.78, 5) is 7.83. The zero-order valence-corrected chi connectivity index (χ0v) is 12.4. The van der Waals surface area contributed by atoms with Gasteiger partial charge in [-0.25, -0.2) is 22.5 Å². The van der Waals surface area contributed by atoms with Crippen LogP contribution in [0.5, 0.6) is 0 Å². The molecule has 0 amide bonds. The van der Waals surface area contributed by atoms with Gasteiger partial charge in [0.15, 0.2) is 11.6 Å². The monoisotopic (exact) mass is 305 g/mol. The Morgan fingerprint density at radius 3 is 2.65 bits per heavy atom. The van der Waals surface area contributed by atoms with Gasteiger partial charge in [0.05, 0.1) is 12.5 Å². The van der Waals surface area contributed by atoms with Crippen LogP contribution in [0.1, 0.15) is 19.8 Å². The average Bonchev–Trinajstić information content (AvgIpc) is 2.37. The fourth-order valence-corrected chi connectivity index (χ4v) is 1.88. The first kappa shape index (κ1) is 16.6. The van der Waals surface area contributed by atoms with Crippen molar-refractivity contribution in [1.82, 2.24) is 14.7 Å². The van der Waals surface area contributed by atoms with Gasteiger partial charge in [0.2, 0.25) is 16.0 Å². The van der Waals surface area contributed by atoms with E-state index >= 15 is 0 Å². The van der Waals surface area contributed by atoms with Crippen molar-refractivity contribution in [3.63, 3.8) is 0 Å². The van der Waals surface area contributed by atoms with E-state index in [0.29, 0.717) is 32.0 Å². The quantitative estimate of drug-likeness (QED) is 0.584. The Labute approximate surface area is 118 Å². The van der Waals surface area contributed by atoms with Crippen LogP contribution in [0.4, 0.5) is 16.2 Å². The highest BCUT2D eigenvalue weighted by molar-refractivity contribution is 7.88. The van der Waals surface area contributed by atoms with Crippen molar-refractivity contribution >= 4 is 21.8 Å². The third-order valence-electron chi connectivity index (χ3n) is 2.29. The third kappa shape index (κ3) is 6.62. The molecule has 9 heteroatoms. The van der Waals surface area contributed by atoms with Crippen LogP contribution in [-0.4, -0.2) is 44.3 Å². The molecule has 20 heavy (non-hydrogen) atoms. The van der Waals surface area contributed by atoms with Crippen molar-refractivity contribution in [3.8, 4) is 0 Å². The van der Waals surface area contributed by atoms with Crippen LogP contribution in [0.25, 0.3) is 0 Å². The van der Waals surface area contributed by atoms with Crippen LogP contribution in [0, 0.1) is 5.82 Å². The molecule has 0 aliphatic carbocycles. The SMILES string of the molecule is CCCNc1ncc(F)c(NCCCNS(C)(=O)=O)n1. The minimum Gasteiger partial charge on any atom is -0.367 e. The summed E-state index contributed by atoms with van der Waals surface area (Å²) in [5.41, 5.74) is 0. The second-order valence-electron chi connectivity index (χ2n) is 4.26. The van der Waals surface area contributed by atoms with E-state index in [1.807, 2.05) is 6.92 Å². The number of rotatable bonds is 9. The number of hydrogen-bond donors (Lipinski definition) is 3. The normalized spacial score (nSPS) is 11.3. The van der Waals surface area contributed by atoms with Crippen molar-refractivity contribution in [2.75, 3.05) is 36.5 Å². The lowest BCUT2D eigenvalue weighted by molar-refractivity contribution is 0.585. The van der Waals surface area contributed by atoms with Gasteiger partial charge in [-0.05, 0) is 12.8 Å². The standard InChI is InChI=1S/C11H20FN5O2S/c1-3-5-14-11-15-8-9(12)10(17-11)13-6-4-7-16-20(2,18)19/h8,16H,3-7H2,1-2H3,(H2,13,14,15,17). The first-order valence-electron chi connectivity index (χ1n) is 6.37. The van der Waals surface area contributed by atoms with E-state index in [4.69, 9.17) is 0 Å². The Morgan fingerprint density at radius 2 is 2.00 bits per heavy atom. The average molecular weight is 305 g/mol. The van der Waals surface area contributed by atoms with Crippen molar-refractivity contribution in [2.24, 2.45) is 0 Å². The summed E-state index contributed by atoms with van der Waals surface area (Å²) < 4.78 is 37.5. The molecule has 1 heterocycles. The number of aromatic nitrogens is 2. The van der Waals surface area contributed by atoms with Crippen LogP contribution in [0.3, 0.4) is 0 Å². The first-order valence-corrected chi connectivity index (χ1v) is 8.26. The maximum absolute atomic E-state index is 13.5. The summed E-state index contributed by atoms with van der Waals surface area (Å²) in [6.45, 7) is 3.41. The predicted molar refractivity (Wildman–Crippen MR) is 76.7 cm³/mol. The van der Waals surface area contributed by atoms with Gasteiger partial charge < -0.3 is 10.6 Å². The van der Waals surface area contributed by atoms with Crippen LogP contribution in [0.15, 0.2) is 6.20 Å². The third-order valence-corrected chi connectivity index (χ3v) is 3.02. The zero-order valence-electron chi connectivity index (χ0n) is 11.6. The van der Waals surface area contributed by atoms with Gasteiger partial charge in [0.25, 0.3) is 0 Å². The Bertz CT molecular complexity index is 524. The minimum atomic E-state index is -3.18. The van der Waals surface area contributed by atoms with Gasteiger partial charge >= 0.3 is 0 Å². The summed E-state index contributed by atoms with van der Waals surface area (Å²) in [6, 6.07) is 0. The van der Waals surface area contributed by atoms with Gasteiger partial charge in [0, 0.05) is 19.6 Å². The number of nitrogens with one attached hydrogen (secondary N) is 3. The first-order chi connectivity index (χ1) is 9.42. The van der Waals surface area contributed by atoms with Gasteiger partial charge in [-0.15, -0.1) is 0 Å². The molecular formula is C11H20FN5O2S. The highest BCUT2D eigenvalue weighted by Gasteiger charge is 2.06. The van der Waals surface area contributed by atoms with Gasteiger partial charge in [-0.3, -0.25) is 0 Å². The molecule has 0 aromatic carbocycles. The molecule has 0 spiro atoms. The molecule has 3 N–H and O–H groups in total. The van der Waals surface area contributed by atoms with Crippen molar-refractivity contribution in [3.05, 3.63) is 12.0 Å². The summed E-state index contributed by atoms with van der Waals surface area (Å²) >= 11 is 0. The van der Waals surface area contributed by atoms with Crippen LogP contribution < -0.4 is 15.4 Å². The lowest BCUT2D eigenvalue weighted by Crippen LogP contribution is -2.24. The lowest BCUT2D eigenvalue weighted by Gasteiger charge is -2.09. The van der Waals surface area contributed by atoms with E-state index in [2.05, 4.69) is 25.3 Å². The molecule has 0 bridgehead atoms. The van der Waals surface area contributed by atoms with Gasteiger partial charge in [-0.1, -0.05) is 6.92 Å². The van der Waals surface area contributed by atoms with E-state index in [1.165, 1.54) is 0 Å². The second-order valence-corrected chi connectivity index (χ2v) is 6.10. The van der Waals surface area contributed by atoms with Crippen LogP contribution in [-0.2, 0) is 10.0 Å². The largest absolute Gasteiger partial charge is 0.367 e. The second kappa shape index (κ2) is 7.95. The molecule has 1 aromatic rings. The molecule has 1 rings (SSSR count). The molecule has 0 unspecified atom stereocenters. The van der Waals surface area contributed by atoms with E-state index in [1.54, 1.807) is 0 Å². The van der Waals surface area contributed by atoms with Crippen LogP contribution >= 0.6 is 0 Å². The number of anilines is 2. The molecular weight excluding hydrogens is 285 g/mol. The molecule has 0 atom stereocenters. The number of halogens is 1. The number of nitrogens with zero attached hydrogens (tertiary/aromatic N) is 2. The van der Waals surface area contributed by atoms with E-state index in [-0.39, 0.29) is 5.82 Å². The predicted octanol–water partition coefficient (Wildman–Crippen LogP) is 0.789. The van der Waals surface area contributed by atoms with E-state index in [9.17, 15) is 12.8 Å². The Hall–Kier alpha value is -1.48. The molecule has 0 saturated heterocycles. The topological polar surface area (TPSA) is 96.0 Å². The van der Waals surface area contributed by atoms with Gasteiger partial charge in [0.1, 0.15) is 0 Å².